The van der Waals surface area contributed by atoms with Gasteiger partial charge in [-0.3, -0.25) is 4.98 Å². The minimum atomic E-state index is 0.641. The molecule has 0 saturated carbocycles. The molecule has 0 atom stereocenters. The van der Waals surface area contributed by atoms with Crippen LogP contribution in [0.4, 0.5) is 17.1 Å². The molecule has 0 aliphatic heterocycles. The van der Waals surface area contributed by atoms with Gasteiger partial charge in [-0.05, 0) is 24.3 Å². The Morgan fingerprint density at radius 2 is 1.60 bits per heavy atom. The van der Waals surface area contributed by atoms with Crippen LogP contribution in [0.15, 0.2) is 36.7 Å². The maximum atomic E-state index is 5.85. The Morgan fingerprint density at radius 1 is 0.867 bits per heavy atom. The first-order valence-electron chi connectivity index (χ1n) is 4.53. The van der Waals surface area contributed by atoms with Crippen molar-refractivity contribution in [3.05, 3.63) is 36.7 Å². The van der Waals surface area contributed by atoms with Gasteiger partial charge in [0.15, 0.2) is 0 Å². The predicted molar refractivity (Wildman–Crippen MR) is 62.9 cm³/mol. The lowest BCUT2D eigenvalue weighted by Crippen LogP contribution is -1.96. The quantitative estimate of drug-likeness (QED) is 0.608. The lowest BCUT2D eigenvalue weighted by molar-refractivity contribution is 1.33. The third-order valence-electron chi connectivity index (χ3n) is 2.22. The zero-order valence-electron chi connectivity index (χ0n) is 8.14. The topological polar surface area (TPSA) is 91.0 Å². The van der Waals surface area contributed by atoms with E-state index in [9.17, 15) is 0 Å². The van der Waals surface area contributed by atoms with E-state index in [2.05, 4.69) is 4.98 Å². The average Bonchev–Trinajstić information content (AvgIpc) is 2.23. The summed E-state index contributed by atoms with van der Waals surface area (Å²) in [7, 11) is 0. The first-order chi connectivity index (χ1) is 7.18. The summed E-state index contributed by atoms with van der Waals surface area (Å²) in [5.41, 5.74) is 21.0. The number of benzene rings is 1. The second-order valence-electron chi connectivity index (χ2n) is 3.31. The molecule has 0 aliphatic carbocycles. The number of rotatable bonds is 1. The summed E-state index contributed by atoms with van der Waals surface area (Å²) in [6.45, 7) is 0. The molecule has 0 spiro atoms. The number of nitrogens with zero attached hydrogens (tertiary/aromatic N) is 1. The highest BCUT2D eigenvalue weighted by Crippen LogP contribution is 2.31. The van der Waals surface area contributed by atoms with Crippen molar-refractivity contribution in [2.45, 2.75) is 0 Å². The summed E-state index contributed by atoms with van der Waals surface area (Å²) in [5, 5.41) is 0. The summed E-state index contributed by atoms with van der Waals surface area (Å²) >= 11 is 0. The largest absolute Gasteiger partial charge is 0.399 e. The fourth-order valence-electron chi connectivity index (χ4n) is 1.44. The second kappa shape index (κ2) is 3.49. The highest BCUT2D eigenvalue weighted by atomic mass is 14.7. The Balaban J connectivity index is 2.64. The Hall–Kier alpha value is -2.23. The number of nitrogens with two attached hydrogens (primary N) is 3. The molecule has 4 nitrogen and oxygen atoms in total. The molecule has 1 heterocycles. The minimum absolute atomic E-state index is 0.641. The molecule has 4 heteroatoms. The van der Waals surface area contributed by atoms with Crippen LogP contribution in [-0.2, 0) is 0 Å². The second-order valence-corrected chi connectivity index (χ2v) is 3.31. The van der Waals surface area contributed by atoms with Crippen LogP contribution in [0.5, 0.6) is 0 Å². The molecule has 2 rings (SSSR count). The SMILES string of the molecule is Nc1ccc(N)c(-c2cnccc2N)c1. The molecule has 0 unspecified atom stereocenters. The predicted octanol–water partition coefficient (Wildman–Crippen LogP) is 1.50. The van der Waals surface area contributed by atoms with Gasteiger partial charge < -0.3 is 17.2 Å². The molecule has 0 fully saturated rings. The lowest BCUT2D eigenvalue weighted by Gasteiger charge is -2.08. The van der Waals surface area contributed by atoms with Crippen molar-refractivity contribution in [1.82, 2.24) is 4.98 Å². The Bertz CT molecular complexity index is 494. The van der Waals surface area contributed by atoms with E-state index < -0.39 is 0 Å². The third-order valence-corrected chi connectivity index (χ3v) is 2.22. The van der Waals surface area contributed by atoms with E-state index in [1.165, 1.54) is 0 Å². The van der Waals surface area contributed by atoms with E-state index >= 15 is 0 Å². The molecule has 15 heavy (non-hydrogen) atoms. The van der Waals surface area contributed by atoms with Gasteiger partial charge >= 0.3 is 0 Å². The van der Waals surface area contributed by atoms with Gasteiger partial charge in [-0.1, -0.05) is 0 Å². The van der Waals surface area contributed by atoms with Gasteiger partial charge in [0.1, 0.15) is 0 Å². The van der Waals surface area contributed by atoms with E-state index in [0.717, 1.165) is 11.1 Å². The lowest BCUT2D eigenvalue weighted by atomic mass is 10.0. The number of hydrogen-bond donors (Lipinski definition) is 3. The van der Waals surface area contributed by atoms with Crippen molar-refractivity contribution < 1.29 is 0 Å². The van der Waals surface area contributed by atoms with Crippen LogP contribution in [0.2, 0.25) is 0 Å². The van der Waals surface area contributed by atoms with Gasteiger partial charge in [-0.2, -0.15) is 0 Å². The number of anilines is 3. The monoisotopic (exact) mass is 200 g/mol. The summed E-state index contributed by atoms with van der Waals surface area (Å²) < 4.78 is 0. The Kier molecular flexibility index (Phi) is 2.17. The summed E-state index contributed by atoms with van der Waals surface area (Å²) in [4.78, 5) is 4.02. The Labute approximate surface area is 87.7 Å². The summed E-state index contributed by atoms with van der Waals surface area (Å²) in [5.74, 6) is 0. The van der Waals surface area contributed by atoms with Crippen LogP contribution in [-0.4, -0.2) is 4.98 Å². The zero-order valence-corrected chi connectivity index (χ0v) is 8.14. The molecule has 2 aromatic rings. The van der Waals surface area contributed by atoms with E-state index in [1.54, 1.807) is 36.7 Å². The molecule has 1 aromatic heterocycles. The van der Waals surface area contributed by atoms with E-state index in [0.29, 0.717) is 17.1 Å². The van der Waals surface area contributed by atoms with E-state index in [-0.39, 0.29) is 0 Å². The fraction of sp³-hybridized carbons (Fsp3) is 0. The number of pyridine rings is 1. The molecule has 76 valence electrons. The molecule has 0 radical (unpaired) electrons. The number of aromatic nitrogens is 1. The number of nitrogen functional groups attached to an aromatic ring is 3. The molecule has 0 aliphatic rings. The van der Waals surface area contributed by atoms with Crippen LogP contribution < -0.4 is 17.2 Å². The highest BCUT2D eigenvalue weighted by molar-refractivity contribution is 5.85. The third kappa shape index (κ3) is 1.69. The standard InChI is InChI=1S/C11H12N4/c12-7-1-2-10(13)8(5-7)9-6-15-4-3-11(9)14/h1-6H,12-13H2,(H2,14,15). The van der Waals surface area contributed by atoms with Crippen LogP contribution in [0.3, 0.4) is 0 Å². The Morgan fingerprint density at radius 3 is 2.33 bits per heavy atom. The fourth-order valence-corrected chi connectivity index (χ4v) is 1.44. The van der Waals surface area contributed by atoms with Crippen molar-refractivity contribution in [1.29, 1.82) is 0 Å². The minimum Gasteiger partial charge on any atom is -0.399 e. The molecule has 0 amide bonds. The highest BCUT2D eigenvalue weighted by Gasteiger charge is 2.06. The van der Waals surface area contributed by atoms with Crippen molar-refractivity contribution in [2.75, 3.05) is 17.2 Å². The zero-order chi connectivity index (χ0) is 10.8. The molecule has 0 saturated heterocycles. The first-order valence-corrected chi connectivity index (χ1v) is 4.53. The van der Waals surface area contributed by atoms with Crippen molar-refractivity contribution in [2.24, 2.45) is 0 Å². The molecule has 0 bridgehead atoms. The van der Waals surface area contributed by atoms with Gasteiger partial charge in [-0.25, -0.2) is 0 Å². The maximum Gasteiger partial charge on any atom is 0.0425 e. The van der Waals surface area contributed by atoms with Gasteiger partial charge in [0.2, 0.25) is 0 Å². The molecule has 1 aromatic carbocycles. The van der Waals surface area contributed by atoms with Gasteiger partial charge in [0.25, 0.3) is 0 Å². The average molecular weight is 200 g/mol. The van der Waals surface area contributed by atoms with E-state index in [4.69, 9.17) is 17.2 Å². The van der Waals surface area contributed by atoms with Gasteiger partial charge in [0, 0.05) is 40.6 Å². The normalized spacial score (nSPS) is 10.1. The molecular formula is C11H12N4. The number of hydrogen-bond acceptors (Lipinski definition) is 4. The molecule has 6 N–H and O–H groups in total. The van der Waals surface area contributed by atoms with Crippen LogP contribution in [0.25, 0.3) is 11.1 Å². The van der Waals surface area contributed by atoms with Crippen molar-refractivity contribution in [3.63, 3.8) is 0 Å². The van der Waals surface area contributed by atoms with Gasteiger partial charge in [-0.15, -0.1) is 0 Å². The van der Waals surface area contributed by atoms with Crippen LogP contribution in [0.1, 0.15) is 0 Å². The van der Waals surface area contributed by atoms with Gasteiger partial charge in [0.05, 0.1) is 0 Å². The van der Waals surface area contributed by atoms with E-state index in [1.807, 2.05) is 0 Å². The first kappa shape index (κ1) is 9.33. The molecular weight excluding hydrogens is 188 g/mol. The van der Waals surface area contributed by atoms with Crippen LogP contribution >= 0.6 is 0 Å². The summed E-state index contributed by atoms with van der Waals surface area (Å²) in [6, 6.07) is 7.04. The van der Waals surface area contributed by atoms with Crippen molar-refractivity contribution >= 4 is 17.1 Å². The van der Waals surface area contributed by atoms with Crippen molar-refractivity contribution in [3.8, 4) is 11.1 Å². The van der Waals surface area contributed by atoms with Crippen LogP contribution in [0, 0.1) is 0 Å². The smallest absolute Gasteiger partial charge is 0.0425 e. The summed E-state index contributed by atoms with van der Waals surface area (Å²) in [6.07, 6.45) is 3.32. The maximum absolute atomic E-state index is 5.85.